The molecular formula is C22H27N2O+. The molecule has 3 heteroatoms. The van der Waals surface area contributed by atoms with Crippen molar-refractivity contribution in [3.05, 3.63) is 71.4 Å². The molecule has 0 spiro atoms. The SMILES string of the molecule is CCCC[NH2+][C@@H](C(=O)c1c[nH]c2c(CC)cccc12)c1ccccc1. The Kier molecular flexibility index (Phi) is 5.67. The van der Waals surface area contributed by atoms with Crippen LogP contribution >= 0.6 is 0 Å². The van der Waals surface area contributed by atoms with Gasteiger partial charge in [0.25, 0.3) is 0 Å². The smallest absolute Gasteiger partial charge is 0.226 e. The molecule has 3 nitrogen and oxygen atoms in total. The molecule has 3 aromatic rings. The van der Waals surface area contributed by atoms with Crippen LogP contribution in [0.3, 0.4) is 0 Å². The molecule has 0 radical (unpaired) electrons. The minimum atomic E-state index is -0.183. The van der Waals surface area contributed by atoms with Crippen molar-refractivity contribution in [1.82, 2.24) is 4.98 Å². The molecule has 0 amide bonds. The Morgan fingerprint density at radius 1 is 1.08 bits per heavy atom. The van der Waals surface area contributed by atoms with Crippen LogP contribution in [0.25, 0.3) is 10.9 Å². The van der Waals surface area contributed by atoms with Gasteiger partial charge in [-0.2, -0.15) is 0 Å². The van der Waals surface area contributed by atoms with Gasteiger partial charge in [0.1, 0.15) is 0 Å². The number of para-hydroxylation sites is 1. The number of Topliss-reactive ketones (excluding diaryl/α,β-unsaturated/α-hetero) is 1. The zero-order valence-electron chi connectivity index (χ0n) is 15.1. The van der Waals surface area contributed by atoms with Crippen molar-refractivity contribution < 1.29 is 10.1 Å². The maximum Gasteiger partial charge on any atom is 0.226 e. The zero-order valence-corrected chi connectivity index (χ0v) is 15.1. The summed E-state index contributed by atoms with van der Waals surface area (Å²) in [6.07, 6.45) is 5.09. The zero-order chi connectivity index (χ0) is 17.6. The Labute approximate surface area is 149 Å². The molecule has 1 aromatic heterocycles. The van der Waals surface area contributed by atoms with Crippen LogP contribution in [0.15, 0.2) is 54.7 Å². The molecule has 0 aliphatic rings. The highest BCUT2D eigenvalue weighted by Crippen LogP contribution is 2.25. The second-order valence-electron chi connectivity index (χ2n) is 6.53. The average Bonchev–Trinajstić information content (AvgIpc) is 3.09. The number of hydrogen-bond donors (Lipinski definition) is 2. The number of aromatic nitrogens is 1. The number of quaternary nitrogens is 1. The van der Waals surface area contributed by atoms with Crippen LogP contribution < -0.4 is 5.32 Å². The Balaban J connectivity index is 1.97. The van der Waals surface area contributed by atoms with Gasteiger partial charge in [0.15, 0.2) is 6.04 Å². The van der Waals surface area contributed by atoms with Gasteiger partial charge in [-0.15, -0.1) is 0 Å². The molecule has 0 aliphatic carbocycles. The Bertz CT molecular complexity index is 836. The number of carbonyl (C=O) groups excluding carboxylic acids is 1. The highest BCUT2D eigenvalue weighted by Gasteiger charge is 2.27. The van der Waals surface area contributed by atoms with E-state index in [-0.39, 0.29) is 11.8 Å². The van der Waals surface area contributed by atoms with Crippen LogP contribution in [-0.2, 0) is 6.42 Å². The number of H-pyrrole nitrogens is 1. The third-order valence-corrected chi connectivity index (χ3v) is 4.85. The number of aromatic amines is 1. The van der Waals surface area contributed by atoms with E-state index in [1.807, 2.05) is 36.5 Å². The Hall–Kier alpha value is -2.39. The lowest BCUT2D eigenvalue weighted by Gasteiger charge is -2.14. The number of aryl methyl sites for hydroxylation is 1. The van der Waals surface area contributed by atoms with E-state index >= 15 is 0 Å². The second-order valence-corrected chi connectivity index (χ2v) is 6.53. The fourth-order valence-electron chi connectivity index (χ4n) is 3.43. The van der Waals surface area contributed by atoms with Crippen LogP contribution in [0.2, 0.25) is 0 Å². The van der Waals surface area contributed by atoms with Gasteiger partial charge in [-0.05, 0) is 18.4 Å². The summed E-state index contributed by atoms with van der Waals surface area (Å²) in [7, 11) is 0. The van der Waals surface area contributed by atoms with Gasteiger partial charge < -0.3 is 10.3 Å². The van der Waals surface area contributed by atoms with Crippen molar-refractivity contribution >= 4 is 16.7 Å². The Morgan fingerprint density at radius 2 is 1.88 bits per heavy atom. The molecular weight excluding hydrogens is 308 g/mol. The van der Waals surface area contributed by atoms with Crippen molar-refractivity contribution in [2.24, 2.45) is 0 Å². The first-order valence-electron chi connectivity index (χ1n) is 9.27. The number of rotatable bonds is 8. The first-order chi connectivity index (χ1) is 12.3. The minimum Gasteiger partial charge on any atom is -0.360 e. The van der Waals surface area contributed by atoms with Gasteiger partial charge >= 0.3 is 0 Å². The molecule has 3 rings (SSSR count). The average molecular weight is 335 g/mol. The number of fused-ring (bicyclic) bond motifs is 1. The predicted octanol–water partition coefficient (Wildman–Crippen LogP) is 4.02. The summed E-state index contributed by atoms with van der Waals surface area (Å²) in [6, 6.07) is 16.1. The van der Waals surface area contributed by atoms with Crippen molar-refractivity contribution in [3.63, 3.8) is 0 Å². The van der Waals surface area contributed by atoms with Crippen molar-refractivity contribution in [2.75, 3.05) is 6.54 Å². The summed E-state index contributed by atoms with van der Waals surface area (Å²) in [4.78, 5) is 16.7. The maximum absolute atomic E-state index is 13.4. The summed E-state index contributed by atoms with van der Waals surface area (Å²) >= 11 is 0. The predicted molar refractivity (Wildman–Crippen MR) is 103 cm³/mol. The molecule has 3 N–H and O–H groups in total. The van der Waals surface area contributed by atoms with Gasteiger partial charge in [-0.25, -0.2) is 0 Å². The van der Waals surface area contributed by atoms with Gasteiger partial charge in [-0.3, -0.25) is 4.79 Å². The van der Waals surface area contributed by atoms with Gasteiger partial charge in [0.2, 0.25) is 5.78 Å². The summed E-state index contributed by atoms with van der Waals surface area (Å²) in [6.45, 7) is 5.28. The van der Waals surface area contributed by atoms with Gasteiger partial charge in [0, 0.05) is 28.2 Å². The molecule has 1 atom stereocenters. The molecule has 25 heavy (non-hydrogen) atoms. The number of nitrogens with one attached hydrogen (secondary N) is 1. The number of unbranched alkanes of at least 4 members (excludes halogenated alkanes) is 1. The lowest BCUT2D eigenvalue weighted by molar-refractivity contribution is -0.681. The number of benzene rings is 2. The summed E-state index contributed by atoms with van der Waals surface area (Å²) in [5.74, 6) is 0.182. The summed E-state index contributed by atoms with van der Waals surface area (Å²) in [5, 5.41) is 3.22. The van der Waals surface area contributed by atoms with E-state index in [0.29, 0.717) is 0 Å². The third kappa shape index (κ3) is 3.67. The van der Waals surface area contributed by atoms with Crippen molar-refractivity contribution in [1.29, 1.82) is 0 Å². The Morgan fingerprint density at radius 3 is 2.60 bits per heavy atom. The molecule has 0 bridgehead atoms. The van der Waals surface area contributed by atoms with E-state index in [9.17, 15) is 4.79 Å². The van der Waals surface area contributed by atoms with Crippen molar-refractivity contribution in [2.45, 2.75) is 39.2 Å². The topological polar surface area (TPSA) is 49.5 Å². The quantitative estimate of drug-likeness (QED) is 0.474. The molecule has 1 heterocycles. The number of carbonyl (C=O) groups is 1. The van der Waals surface area contributed by atoms with Crippen LogP contribution in [-0.4, -0.2) is 17.3 Å². The van der Waals surface area contributed by atoms with E-state index < -0.39 is 0 Å². The summed E-state index contributed by atoms with van der Waals surface area (Å²) in [5.41, 5.74) is 4.22. The lowest BCUT2D eigenvalue weighted by atomic mass is 9.96. The monoisotopic (exact) mass is 335 g/mol. The first-order valence-corrected chi connectivity index (χ1v) is 9.27. The van der Waals surface area contributed by atoms with Gasteiger partial charge in [-0.1, -0.05) is 68.8 Å². The fourth-order valence-corrected chi connectivity index (χ4v) is 3.43. The van der Waals surface area contributed by atoms with E-state index in [1.54, 1.807) is 0 Å². The standard InChI is InChI=1S/C22H26N2O/c1-3-5-14-23-21(17-10-7-6-8-11-17)22(25)19-15-24-20-16(4-2)12-9-13-18(19)20/h6-13,15,21,23-24H,3-5,14H2,1-2H3/p+1/t21-/m1/s1. The van der Waals surface area contributed by atoms with Crippen LogP contribution in [0, 0.1) is 0 Å². The highest BCUT2D eigenvalue weighted by atomic mass is 16.1. The molecule has 0 unspecified atom stereocenters. The van der Waals surface area contributed by atoms with Gasteiger partial charge in [0.05, 0.1) is 6.54 Å². The fraction of sp³-hybridized carbons (Fsp3) is 0.318. The number of ketones is 1. The molecule has 0 aliphatic heterocycles. The molecule has 130 valence electrons. The first kappa shape index (κ1) is 17.4. The minimum absolute atomic E-state index is 0.182. The molecule has 0 saturated heterocycles. The number of hydrogen-bond acceptors (Lipinski definition) is 1. The molecule has 2 aromatic carbocycles. The van der Waals surface area contributed by atoms with E-state index in [2.05, 4.69) is 42.3 Å². The lowest BCUT2D eigenvalue weighted by Crippen LogP contribution is -2.86. The van der Waals surface area contributed by atoms with E-state index in [0.717, 1.165) is 47.8 Å². The molecule has 0 fully saturated rings. The largest absolute Gasteiger partial charge is 0.360 e. The van der Waals surface area contributed by atoms with Crippen LogP contribution in [0.1, 0.15) is 54.2 Å². The maximum atomic E-state index is 13.4. The highest BCUT2D eigenvalue weighted by molar-refractivity contribution is 6.10. The van der Waals surface area contributed by atoms with E-state index in [4.69, 9.17) is 0 Å². The van der Waals surface area contributed by atoms with Crippen LogP contribution in [0.4, 0.5) is 0 Å². The normalized spacial score (nSPS) is 12.4. The van der Waals surface area contributed by atoms with E-state index in [1.165, 1.54) is 5.56 Å². The van der Waals surface area contributed by atoms with Crippen molar-refractivity contribution in [3.8, 4) is 0 Å². The van der Waals surface area contributed by atoms with Crippen LogP contribution in [0.5, 0.6) is 0 Å². The number of nitrogens with two attached hydrogens (primary N) is 1. The summed E-state index contributed by atoms with van der Waals surface area (Å²) < 4.78 is 0. The third-order valence-electron chi connectivity index (χ3n) is 4.85. The second kappa shape index (κ2) is 8.13. The molecule has 0 saturated carbocycles.